The minimum absolute atomic E-state index is 0.0355. The van der Waals surface area contributed by atoms with Crippen molar-refractivity contribution in [1.29, 1.82) is 0 Å². The van der Waals surface area contributed by atoms with E-state index >= 15 is 0 Å². The Bertz CT molecular complexity index is 268. The molecule has 0 bridgehead atoms. The molecule has 2 nitrogen and oxygen atoms in total. The molecule has 2 unspecified atom stereocenters. The maximum Gasteiger partial charge on any atom is 0.309 e. The zero-order valence-electron chi connectivity index (χ0n) is 9.50. The van der Waals surface area contributed by atoms with Crippen molar-refractivity contribution in [1.82, 2.24) is 0 Å². The van der Waals surface area contributed by atoms with Gasteiger partial charge in [-0.15, -0.1) is 0 Å². The summed E-state index contributed by atoms with van der Waals surface area (Å²) in [7, 11) is 0. The molecule has 0 spiro atoms. The van der Waals surface area contributed by atoms with Gasteiger partial charge in [0.2, 0.25) is 0 Å². The molecule has 1 aliphatic carbocycles. The molecule has 2 atom stereocenters. The smallest absolute Gasteiger partial charge is 0.309 e. The highest BCUT2D eigenvalue weighted by Crippen LogP contribution is 2.33. The van der Waals surface area contributed by atoms with Crippen molar-refractivity contribution in [2.45, 2.75) is 58.0 Å². The number of ether oxygens (including phenoxy) is 1. The molecule has 0 radical (unpaired) electrons. The molecule has 1 saturated heterocycles. The van der Waals surface area contributed by atoms with Crippen LogP contribution in [0.25, 0.3) is 0 Å². The van der Waals surface area contributed by atoms with Gasteiger partial charge in [-0.25, -0.2) is 0 Å². The van der Waals surface area contributed by atoms with Gasteiger partial charge in [-0.1, -0.05) is 19.4 Å². The summed E-state index contributed by atoms with van der Waals surface area (Å²) in [4.78, 5) is 11.6. The van der Waals surface area contributed by atoms with Gasteiger partial charge in [0, 0.05) is 6.42 Å². The summed E-state index contributed by atoms with van der Waals surface area (Å²) in [6.07, 6.45) is 10.3. The number of carbonyl (C=O) groups excluding carboxylic acids is 1. The number of allylic oxidation sites excluding steroid dienone is 1. The van der Waals surface area contributed by atoms with Gasteiger partial charge in [0.15, 0.2) is 0 Å². The highest BCUT2D eigenvalue weighted by atomic mass is 16.6. The van der Waals surface area contributed by atoms with Crippen LogP contribution in [0.2, 0.25) is 0 Å². The number of carbonyl (C=O) groups is 1. The third-order valence-electron chi connectivity index (χ3n) is 3.47. The van der Waals surface area contributed by atoms with E-state index in [1.54, 1.807) is 0 Å². The van der Waals surface area contributed by atoms with E-state index < -0.39 is 0 Å². The van der Waals surface area contributed by atoms with Crippen LogP contribution in [0.15, 0.2) is 11.6 Å². The summed E-state index contributed by atoms with van der Waals surface area (Å²) in [5.74, 6) is 0.205. The van der Waals surface area contributed by atoms with E-state index in [4.69, 9.17) is 4.74 Å². The van der Waals surface area contributed by atoms with E-state index in [1.165, 1.54) is 24.8 Å². The minimum atomic E-state index is 0.0355. The lowest BCUT2D eigenvalue weighted by molar-refractivity contribution is -0.143. The normalized spacial score (nSPS) is 31.3. The van der Waals surface area contributed by atoms with Crippen molar-refractivity contribution in [2.75, 3.05) is 0 Å². The average molecular weight is 208 g/mol. The fourth-order valence-electron chi connectivity index (χ4n) is 2.61. The second-order valence-electron chi connectivity index (χ2n) is 4.67. The fourth-order valence-corrected chi connectivity index (χ4v) is 2.61. The zero-order valence-corrected chi connectivity index (χ0v) is 9.50. The second kappa shape index (κ2) is 4.82. The van der Waals surface area contributed by atoms with Gasteiger partial charge < -0.3 is 4.74 Å². The standard InChI is InChI=1S/C13H20O2/c1-2-6-11-9-12(15-13(11)14)10-7-4-3-5-8-10/h7,11-12H,2-6,8-9H2,1H3. The molecule has 1 heterocycles. The molecular weight excluding hydrogens is 188 g/mol. The van der Waals surface area contributed by atoms with Crippen molar-refractivity contribution < 1.29 is 9.53 Å². The van der Waals surface area contributed by atoms with Crippen LogP contribution in [0.1, 0.15) is 51.9 Å². The summed E-state index contributed by atoms with van der Waals surface area (Å²) in [5.41, 5.74) is 1.38. The SMILES string of the molecule is CCCC1CC(C2=CCCCC2)OC1=O. The van der Waals surface area contributed by atoms with Crippen molar-refractivity contribution in [2.24, 2.45) is 5.92 Å². The maximum absolute atomic E-state index is 11.6. The zero-order chi connectivity index (χ0) is 10.7. The number of hydrogen-bond donors (Lipinski definition) is 0. The van der Waals surface area contributed by atoms with Crippen LogP contribution in [-0.4, -0.2) is 12.1 Å². The van der Waals surface area contributed by atoms with Crippen molar-refractivity contribution in [3.63, 3.8) is 0 Å². The first-order valence-corrected chi connectivity index (χ1v) is 6.20. The highest BCUT2D eigenvalue weighted by Gasteiger charge is 2.35. The lowest BCUT2D eigenvalue weighted by Gasteiger charge is -2.17. The molecule has 0 aromatic rings. The number of esters is 1. The summed E-state index contributed by atoms with van der Waals surface area (Å²) >= 11 is 0. The molecule has 0 N–H and O–H groups in total. The van der Waals surface area contributed by atoms with E-state index in [9.17, 15) is 4.79 Å². The molecule has 2 rings (SSSR count). The van der Waals surface area contributed by atoms with Crippen LogP contribution < -0.4 is 0 Å². The molecule has 2 aliphatic rings. The maximum atomic E-state index is 11.6. The first-order chi connectivity index (χ1) is 7.31. The summed E-state index contributed by atoms with van der Waals surface area (Å²) in [5, 5.41) is 0. The lowest BCUT2D eigenvalue weighted by Crippen LogP contribution is -2.12. The molecule has 84 valence electrons. The number of hydrogen-bond acceptors (Lipinski definition) is 2. The average Bonchev–Trinajstić information content (AvgIpc) is 2.63. The molecule has 0 saturated carbocycles. The lowest BCUT2D eigenvalue weighted by atomic mass is 9.91. The summed E-state index contributed by atoms with van der Waals surface area (Å²) in [6.45, 7) is 2.13. The second-order valence-corrected chi connectivity index (χ2v) is 4.67. The van der Waals surface area contributed by atoms with Crippen LogP contribution in [0.4, 0.5) is 0 Å². The molecule has 0 aromatic heterocycles. The van der Waals surface area contributed by atoms with Crippen LogP contribution in [0, 0.1) is 5.92 Å². The topological polar surface area (TPSA) is 26.3 Å². The molecule has 15 heavy (non-hydrogen) atoms. The number of cyclic esters (lactones) is 1. The molecular formula is C13H20O2. The molecule has 0 amide bonds. The Kier molecular flexibility index (Phi) is 3.45. The highest BCUT2D eigenvalue weighted by molar-refractivity contribution is 5.75. The van der Waals surface area contributed by atoms with E-state index in [1.807, 2.05) is 0 Å². The number of rotatable bonds is 3. The van der Waals surface area contributed by atoms with Crippen LogP contribution in [0.5, 0.6) is 0 Å². The van der Waals surface area contributed by atoms with E-state index in [2.05, 4.69) is 13.0 Å². The largest absolute Gasteiger partial charge is 0.458 e. The van der Waals surface area contributed by atoms with Crippen LogP contribution in [-0.2, 0) is 9.53 Å². The third kappa shape index (κ3) is 2.42. The fraction of sp³-hybridized carbons (Fsp3) is 0.769. The Morgan fingerprint density at radius 2 is 2.33 bits per heavy atom. The van der Waals surface area contributed by atoms with Gasteiger partial charge in [0.25, 0.3) is 0 Å². The summed E-state index contributed by atoms with van der Waals surface area (Å²) < 4.78 is 5.46. The Hall–Kier alpha value is -0.790. The van der Waals surface area contributed by atoms with Crippen LogP contribution in [0.3, 0.4) is 0 Å². The Morgan fingerprint density at radius 1 is 1.47 bits per heavy atom. The molecule has 1 fully saturated rings. The van der Waals surface area contributed by atoms with Gasteiger partial charge >= 0.3 is 5.97 Å². The molecule has 0 aromatic carbocycles. The Balaban J connectivity index is 1.95. The quantitative estimate of drug-likeness (QED) is 0.526. The monoisotopic (exact) mass is 208 g/mol. The van der Waals surface area contributed by atoms with E-state index in [-0.39, 0.29) is 18.0 Å². The van der Waals surface area contributed by atoms with Gasteiger partial charge in [0.1, 0.15) is 6.10 Å². The van der Waals surface area contributed by atoms with Gasteiger partial charge in [-0.05, 0) is 37.7 Å². The van der Waals surface area contributed by atoms with E-state index in [0.717, 1.165) is 25.7 Å². The predicted molar refractivity (Wildman–Crippen MR) is 59.4 cm³/mol. The first kappa shape index (κ1) is 10.7. The van der Waals surface area contributed by atoms with Crippen molar-refractivity contribution >= 4 is 5.97 Å². The summed E-state index contributed by atoms with van der Waals surface area (Å²) in [6, 6.07) is 0. The van der Waals surface area contributed by atoms with E-state index in [0.29, 0.717) is 0 Å². The Labute approximate surface area is 91.7 Å². The molecule has 2 heteroatoms. The van der Waals surface area contributed by atoms with Crippen molar-refractivity contribution in [3.8, 4) is 0 Å². The third-order valence-corrected chi connectivity index (χ3v) is 3.47. The van der Waals surface area contributed by atoms with Gasteiger partial charge in [0.05, 0.1) is 5.92 Å². The predicted octanol–water partition coefficient (Wildman–Crippen LogP) is 3.22. The van der Waals surface area contributed by atoms with Crippen LogP contribution >= 0.6 is 0 Å². The van der Waals surface area contributed by atoms with Gasteiger partial charge in [-0.3, -0.25) is 4.79 Å². The van der Waals surface area contributed by atoms with Crippen molar-refractivity contribution in [3.05, 3.63) is 11.6 Å². The molecule has 1 aliphatic heterocycles. The van der Waals surface area contributed by atoms with Gasteiger partial charge in [-0.2, -0.15) is 0 Å². The minimum Gasteiger partial charge on any atom is -0.458 e. The Morgan fingerprint density at radius 3 is 3.00 bits per heavy atom. The first-order valence-electron chi connectivity index (χ1n) is 6.20.